The molecule has 164 valence electrons. The number of thioether (sulfide) groups is 1. The number of nitro benzene ring substituents is 1. The molecule has 8 nitrogen and oxygen atoms in total. The molecule has 0 unspecified atom stereocenters. The number of aromatic nitrogens is 4. The van der Waals surface area contributed by atoms with Crippen molar-refractivity contribution in [2.45, 2.75) is 23.6 Å². The third-order valence-corrected chi connectivity index (χ3v) is 5.31. The van der Waals surface area contributed by atoms with Gasteiger partial charge in [-0.05, 0) is 5.56 Å². The first-order valence-electron chi connectivity index (χ1n) is 9.18. The number of nitrogens with zero attached hydrogens (tertiary/aromatic N) is 5. The second-order valence-electron chi connectivity index (χ2n) is 6.60. The summed E-state index contributed by atoms with van der Waals surface area (Å²) in [6.45, 7) is -1.19. The molecule has 12 heteroatoms. The van der Waals surface area contributed by atoms with Crippen LogP contribution in [0.25, 0.3) is 22.6 Å². The van der Waals surface area contributed by atoms with Gasteiger partial charge in [-0.3, -0.25) is 10.1 Å². The van der Waals surface area contributed by atoms with Gasteiger partial charge in [0.25, 0.3) is 5.69 Å². The van der Waals surface area contributed by atoms with Gasteiger partial charge in [-0.2, -0.15) is 18.2 Å². The molecule has 0 atom stereocenters. The largest absolute Gasteiger partial charge is 0.406 e. The van der Waals surface area contributed by atoms with Crippen LogP contribution in [-0.2, 0) is 12.3 Å². The van der Waals surface area contributed by atoms with E-state index in [1.807, 2.05) is 0 Å². The summed E-state index contributed by atoms with van der Waals surface area (Å²) in [6.07, 6.45) is -3.04. The second kappa shape index (κ2) is 8.83. The molecule has 0 fully saturated rings. The monoisotopic (exact) mass is 461 g/mol. The summed E-state index contributed by atoms with van der Waals surface area (Å²) in [5.41, 5.74) is 1.23. The first kappa shape index (κ1) is 21.6. The van der Waals surface area contributed by atoms with E-state index in [1.165, 1.54) is 24.4 Å². The average Bonchev–Trinajstić information content (AvgIpc) is 3.39. The molecule has 0 aliphatic rings. The molecule has 0 amide bonds. The van der Waals surface area contributed by atoms with Crippen molar-refractivity contribution in [1.29, 1.82) is 0 Å². The Labute approximate surface area is 183 Å². The van der Waals surface area contributed by atoms with Gasteiger partial charge in [-0.15, -0.1) is 0 Å². The molecule has 0 N–H and O–H groups in total. The average molecular weight is 461 g/mol. The van der Waals surface area contributed by atoms with Gasteiger partial charge >= 0.3 is 6.18 Å². The van der Waals surface area contributed by atoms with Gasteiger partial charge in [0, 0.05) is 17.7 Å². The molecule has 0 radical (unpaired) electrons. The summed E-state index contributed by atoms with van der Waals surface area (Å²) in [6, 6.07) is 14.4. The maximum absolute atomic E-state index is 13.2. The van der Waals surface area contributed by atoms with Crippen molar-refractivity contribution in [2.75, 3.05) is 0 Å². The predicted octanol–water partition coefficient (Wildman–Crippen LogP) is 5.36. The standard InChI is InChI=1S/C20H14F3N5O3S/c21-20(22,23)12-27-16(13-5-2-1-3-6-13)10-24-19(27)32-11-17-25-18(26-31-17)14-7-4-8-15(9-14)28(29)30/h1-10H,11-12H2. The van der Waals surface area contributed by atoms with Crippen LogP contribution in [0, 0.1) is 10.1 Å². The molecule has 0 aliphatic carbocycles. The molecule has 2 aromatic heterocycles. The number of benzene rings is 2. The number of hydrogen-bond acceptors (Lipinski definition) is 7. The second-order valence-corrected chi connectivity index (χ2v) is 7.54. The Bertz CT molecular complexity index is 1240. The Morgan fingerprint density at radius 1 is 1.09 bits per heavy atom. The minimum absolute atomic E-state index is 0.0744. The summed E-state index contributed by atoms with van der Waals surface area (Å²) in [7, 11) is 0. The van der Waals surface area contributed by atoms with Crippen LogP contribution in [0.15, 0.2) is 70.5 Å². The van der Waals surface area contributed by atoms with E-state index in [0.717, 1.165) is 16.3 Å². The van der Waals surface area contributed by atoms with E-state index < -0.39 is 17.6 Å². The van der Waals surface area contributed by atoms with Crippen molar-refractivity contribution in [3.05, 3.63) is 76.8 Å². The summed E-state index contributed by atoms with van der Waals surface area (Å²) in [5.74, 6) is 0.373. The lowest BCUT2D eigenvalue weighted by Gasteiger charge is -2.13. The Kier molecular flexibility index (Phi) is 5.95. The highest BCUT2D eigenvalue weighted by molar-refractivity contribution is 7.98. The highest BCUT2D eigenvalue weighted by Gasteiger charge is 2.31. The van der Waals surface area contributed by atoms with Crippen LogP contribution >= 0.6 is 11.8 Å². The SMILES string of the molecule is O=[N+]([O-])c1cccc(-c2noc(CSc3ncc(-c4ccccc4)n3CC(F)(F)F)n2)c1. The maximum atomic E-state index is 13.2. The number of halogens is 3. The van der Waals surface area contributed by atoms with E-state index in [9.17, 15) is 23.3 Å². The van der Waals surface area contributed by atoms with Crippen LogP contribution < -0.4 is 0 Å². The minimum atomic E-state index is -4.43. The van der Waals surface area contributed by atoms with Crippen molar-refractivity contribution >= 4 is 17.4 Å². The molecule has 0 spiro atoms. The van der Waals surface area contributed by atoms with E-state index in [4.69, 9.17) is 4.52 Å². The number of hydrogen-bond donors (Lipinski definition) is 0. The molecular weight excluding hydrogens is 447 g/mol. The molecule has 4 rings (SSSR count). The summed E-state index contributed by atoms with van der Waals surface area (Å²) >= 11 is 1.02. The molecule has 0 bridgehead atoms. The lowest BCUT2D eigenvalue weighted by atomic mass is 10.2. The van der Waals surface area contributed by atoms with E-state index >= 15 is 0 Å². The van der Waals surface area contributed by atoms with Gasteiger partial charge in [0.1, 0.15) is 6.54 Å². The first-order chi connectivity index (χ1) is 15.3. The van der Waals surface area contributed by atoms with Crippen LogP contribution in [0.2, 0.25) is 0 Å². The molecule has 32 heavy (non-hydrogen) atoms. The van der Waals surface area contributed by atoms with E-state index in [-0.39, 0.29) is 28.3 Å². The van der Waals surface area contributed by atoms with Gasteiger partial charge in [-0.1, -0.05) is 59.4 Å². The van der Waals surface area contributed by atoms with E-state index in [0.29, 0.717) is 16.8 Å². The minimum Gasteiger partial charge on any atom is -0.338 e. The number of imidazole rings is 1. The molecule has 0 saturated heterocycles. The summed E-state index contributed by atoms with van der Waals surface area (Å²) in [5, 5.41) is 14.9. The zero-order valence-electron chi connectivity index (χ0n) is 16.2. The van der Waals surface area contributed by atoms with Gasteiger partial charge in [0.05, 0.1) is 22.6 Å². The zero-order chi connectivity index (χ0) is 22.7. The first-order valence-corrected chi connectivity index (χ1v) is 10.2. The maximum Gasteiger partial charge on any atom is 0.406 e. The Morgan fingerprint density at radius 3 is 2.56 bits per heavy atom. The van der Waals surface area contributed by atoms with E-state index in [1.54, 1.807) is 36.4 Å². The van der Waals surface area contributed by atoms with Gasteiger partial charge in [0.2, 0.25) is 11.7 Å². The highest BCUT2D eigenvalue weighted by atomic mass is 32.2. The zero-order valence-corrected chi connectivity index (χ0v) is 17.0. The molecule has 4 aromatic rings. The van der Waals surface area contributed by atoms with Crippen LogP contribution in [0.4, 0.5) is 18.9 Å². The number of rotatable bonds is 7. The number of non-ortho nitro benzene ring substituents is 1. The molecule has 2 heterocycles. The van der Waals surface area contributed by atoms with Crippen LogP contribution in [0.1, 0.15) is 5.89 Å². The van der Waals surface area contributed by atoms with Crippen LogP contribution in [0.5, 0.6) is 0 Å². The molecule has 2 aromatic carbocycles. The van der Waals surface area contributed by atoms with Crippen molar-refractivity contribution in [1.82, 2.24) is 19.7 Å². The van der Waals surface area contributed by atoms with Crippen molar-refractivity contribution in [3.8, 4) is 22.6 Å². The fraction of sp³-hybridized carbons (Fsp3) is 0.150. The quantitative estimate of drug-likeness (QED) is 0.207. The topological polar surface area (TPSA) is 99.9 Å². The fourth-order valence-corrected chi connectivity index (χ4v) is 3.78. The molecule has 0 aliphatic heterocycles. The molecule has 0 saturated carbocycles. The van der Waals surface area contributed by atoms with Gasteiger partial charge in [-0.25, -0.2) is 4.98 Å². The van der Waals surface area contributed by atoms with E-state index in [2.05, 4.69) is 15.1 Å². The lowest BCUT2D eigenvalue weighted by molar-refractivity contribution is -0.384. The van der Waals surface area contributed by atoms with Crippen LogP contribution in [-0.4, -0.2) is 30.8 Å². The summed E-state index contributed by atoms with van der Waals surface area (Å²) < 4.78 is 45.8. The third kappa shape index (κ3) is 4.97. The van der Waals surface area contributed by atoms with Gasteiger partial charge < -0.3 is 9.09 Å². The lowest BCUT2D eigenvalue weighted by Crippen LogP contribution is -2.19. The fourth-order valence-electron chi connectivity index (χ4n) is 2.96. The van der Waals surface area contributed by atoms with Crippen LogP contribution in [0.3, 0.4) is 0 Å². The Hall–Kier alpha value is -3.67. The summed E-state index contributed by atoms with van der Waals surface area (Å²) in [4.78, 5) is 18.7. The Balaban J connectivity index is 1.55. The van der Waals surface area contributed by atoms with Crippen molar-refractivity contribution in [2.24, 2.45) is 0 Å². The smallest absolute Gasteiger partial charge is 0.338 e. The normalized spacial score (nSPS) is 11.6. The Morgan fingerprint density at radius 2 is 1.84 bits per heavy atom. The number of nitro groups is 1. The van der Waals surface area contributed by atoms with Crippen molar-refractivity contribution in [3.63, 3.8) is 0 Å². The highest BCUT2D eigenvalue weighted by Crippen LogP contribution is 2.31. The predicted molar refractivity (Wildman–Crippen MR) is 110 cm³/mol. The van der Waals surface area contributed by atoms with Gasteiger partial charge in [0.15, 0.2) is 5.16 Å². The third-order valence-electron chi connectivity index (χ3n) is 4.33. The van der Waals surface area contributed by atoms with Crippen molar-refractivity contribution < 1.29 is 22.6 Å². The molecular formula is C20H14F3N5O3S. The number of alkyl halides is 3.